The van der Waals surface area contributed by atoms with Gasteiger partial charge in [-0.2, -0.15) is 0 Å². The van der Waals surface area contributed by atoms with E-state index in [4.69, 9.17) is 0 Å². The van der Waals surface area contributed by atoms with Gasteiger partial charge in [0.05, 0.1) is 6.04 Å². The Kier molecular flexibility index (Phi) is 2.17. The number of hydrogen-bond donors (Lipinski definition) is 1. The van der Waals surface area contributed by atoms with Crippen LogP contribution >= 0.6 is 0 Å². The van der Waals surface area contributed by atoms with Crippen LogP contribution in [0.25, 0.3) is 0 Å². The highest BCUT2D eigenvalue weighted by atomic mass is 14.9. The Bertz CT molecular complexity index is 335. The van der Waals surface area contributed by atoms with E-state index in [1.165, 1.54) is 11.1 Å². The monoisotopic (exact) mass is 171 g/mol. The topological polar surface area (TPSA) is 12.0 Å². The van der Waals surface area contributed by atoms with E-state index in [-0.39, 0.29) is 0 Å². The number of dihydropyridines is 1. The first-order valence-electron chi connectivity index (χ1n) is 4.52. The first kappa shape index (κ1) is 8.11. The standard InChI is InChI=1S/C12H13N/c1-10-6-5-9-13-12(10)11-7-3-2-4-8-11/h2-9,12-13H,1H3. The summed E-state index contributed by atoms with van der Waals surface area (Å²) in [5.41, 5.74) is 2.68. The summed E-state index contributed by atoms with van der Waals surface area (Å²) in [6.45, 7) is 2.15. The zero-order chi connectivity index (χ0) is 9.10. The minimum atomic E-state index is 0.353. The van der Waals surface area contributed by atoms with Crippen molar-refractivity contribution >= 4 is 0 Å². The predicted molar refractivity (Wildman–Crippen MR) is 55.2 cm³/mol. The van der Waals surface area contributed by atoms with E-state index in [1.54, 1.807) is 0 Å². The molecule has 0 fully saturated rings. The van der Waals surface area contributed by atoms with Crippen molar-refractivity contribution in [3.63, 3.8) is 0 Å². The number of allylic oxidation sites excluding steroid dienone is 2. The molecule has 2 rings (SSSR count). The smallest absolute Gasteiger partial charge is 0.0722 e. The van der Waals surface area contributed by atoms with Gasteiger partial charge in [-0.25, -0.2) is 0 Å². The minimum absolute atomic E-state index is 0.353. The molecule has 0 bridgehead atoms. The SMILES string of the molecule is CC1=CC=CNC1c1ccccc1. The molecule has 1 nitrogen and oxygen atoms in total. The highest BCUT2D eigenvalue weighted by Crippen LogP contribution is 2.22. The number of hydrogen-bond acceptors (Lipinski definition) is 1. The van der Waals surface area contributed by atoms with Crippen LogP contribution in [0.5, 0.6) is 0 Å². The van der Waals surface area contributed by atoms with Crippen molar-refractivity contribution in [1.29, 1.82) is 0 Å². The normalized spacial score (nSPS) is 20.7. The van der Waals surface area contributed by atoms with E-state index in [9.17, 15) is 0 Å². The Balaban J connectivity index is 2.28. The van der Waals surface area contributed by atoms with Crippen LogP contribution in [0, 0.1) is 0 Å². The summed E-state index contributed by atoms with van der Waals surface area (Å²) in [6, 6.07) is 10.8. The average Bonchev–Trinajstić information content (AvgIpc) is 2.20. The van der Waals surface area contributed by atoms with E-state index in [0.717, 1.165) is 0 Å². The molecule has 0 radical (unpaired) electrons. The van der Waals surface area contributed by atoms with Gasteiger partial charge in [0.2, 0.25) is 0 Å². The molecular weight excluding hydrogens is 158 g/mol. The van der Waals surface area contributed by atoms with Crippen LogP contribution < -0.4 is 5.32 Å². The van der Waals surface area contributed by atoms with Crippen molar-refractivity contribution in [1.82, 2.24) is 5.32 Å². The van der Waals surface area contributed by atoms with E-state index >= 15 is 0 Å². The molecule has 0 aliphatic carbocycles. The summed E-state index contributed by atoms with van der Waals surface area (Å²) in [7, 11) is 0. The van der Waals surface area contributed by atoms with E-state index in [0.29, 0.717) is 6.04 Å². The fraction of sp³-hybridized carbons (Fsp3) is 0.167. The molecular formula is C12H13N. The van der Waals surface area contributed by atoms with Gasteiger partial charge in [0.25, 0.3) is 0 Å². The molecule has 0 saturated heterocycles. The van der Waals surface area contributed by atoms with Gasteiger partial charge in [0.15, 0.2) is 0 Å². The molecule has 1 heterocycles. The number of rotatable bonds is 1. The van der Waals surface area contributed by atoms with Crippen LogP contribution in [0.1, 0.15) is 18.5 Å². The molecule has 1 aromatic carbocycles. The highest BCUT2D eigenvalue weighted by molar-refractivity contribution is 5.31. The van der Waals surface area contributed by atoms with E-state index in [1.807, 2.05) is 18.3 Å². The molecule has 0 saturated carbocycles. The summed E-state index contributed by atoms with van der Waals surface area (Å²) in [5.74, 6) is 0. The van der Waals surface area contributed by atoms with Crippen molar-refractivity contribution in [2.75, 3.05) is 0 Å². The van der Waals surface area contributed by atoms with Gasteiger partial charge in [0, 0.05) is 0 Å². The van der Waals surface area contributed by atoms with Crippen LogP contribution in [-0.2, 0) is 0 Å². The van der Waals surface area contributed by atoms with Crippen molar-refractivity contribution in [2.45, 2.75) is 13.0 Å². The molecule has 0 aromatic heterocycles. The van der Waals surface area contributed by atoms with Crippen molar-refractivity contribution in [3.8, 4) is 0 Å². The summed E-state index contributed by atoms with van der Waals surface area (Å²) in [4.78, 5) is 0. The molecule has 1 heteroatoms. The number of nitrogens with one attached hydrogen (secondary N) is 1. The van der Waals surface area contributed by atoms with Crippen LogP contribution in [0.4, 0.5) is 0 Å². The maximum absolute atomic E-state index is 3.34. The Morgan fingerprint density at radius 3 is 2.62 bits per heavy atom. The van der Waals surface area contributed by atoms with Gasteiger partial charge in [-0.1, -0.05) is 36.4 Å². The summed E-state index contributed by atoms with van der Waals surface area (Å²) in [5, 5.41) is 3.34. The van der Waals surface area contributed by atoms with Crippen molar-refractivity contribution < 1.29 is 0 Å². The predicted octanol–water partition coefficient (Wildman–Crippen LogP) is 2.79. The van der Waals surface area contributed by atoms with Gasteiger partial charge in [-0.05, 0) is 30.3 Å². The lowest BCUT2D eigenvalue weighted by molar-refractivity contribution is 0.703. The Morgan fingerprint density at radius 1 is 1.15 bits per heavy atom. The van der Waals surface area contributed by atoms with Crippen LogP contribution in [0.15, 0.2) is 54.3 Å². The summed E-state index contributed by atoms with van der Waals surface area (Å²) >= 11 is 0. The van der Waals surface area contributed by atoms with Crippen molar-refractivity contribution in [2.24, 2.45) is 0 Å². The van der Waals surface area contributed by atoms with Crippen LogP contribution in [0.3, 0.4) is 0 Å². The Labute approximate surface area is 78.8 Å². The van der Waals surface area contributed by atoms with Crippen molar-refractivity contribution in [3.05, 3.63) is 59.8 Å². The van der Waals surface area contributed by atoms with Crippen LogP contribution in [-0.4, -0.2) is 0 Å². The molecule has 1 aromatic rings. The summed E-state index contributed by atoms with van der Waals surface area (Å²) in [6.07, 6.45) is 6.17. The molecule has 1 aliphatic rings. The Morgan fingerprint density at radius 2 is 1.92 bits per heavy atom. The Hall–Kier alpha value is -1.50. The largest absolute Gasteiger partial charge is 0.380 e. The quantitative estimate of drug-likeness (QED) is 0.685. The fourth-order valence-corrected chi connectivity index (χ4v) is 1.58. The molecule has 13 heavy (non-hydrogen) atoms. The van der Waals surface area contributed by atoms with E-state index in [2.05, 4.69) is 42.6 Å². The van der Waals surface area contributed by atoms with E-state index < -0.39 is 0 Å². The number of benzene rings is 1. The second kappa shape index (κ2) is 3.48. The second-order valence-corrected chi connectivity index (χ2v) is 3.28. The lowest BCUT2D eigenvalue weighted by atomic mass is 9.98. The summed E-state index contributed by atoms with van der Waals surface area (Å²) < 4.78 is 0. The molecule has 0 spiro atoms. The first-order chi connectivity index (χ1) is 6.38. The van der Waals surface area contributed by atoms with Gasteiger partial charge < -0.3 is 5.32 Å². The fourth-order valence-electron chi connectivity index (χ4n) is 1.58. The maximum Gasteiger partial charge on any atom is 0.0722 e. The lowest BCUT2D eigenvalue weighted by Crippen LogP contribution is -2.18. The maximum atomic E-state index is 3.34. The third-order valence-corrected chi connectivity index (χ3v) is 2.31. The highest BCUT2D eigenvalue weighted by Gasteiger charge is 2.11. The molecule has 1 aliphatic heterocycles. The first-order valence-corrected chi connectivity index (χ1v) is 4.52. The van der Waals surface area contributed by atoms with Gasteiger partial charge in [-0.15, -0.1) is 0 Å². The van der Waals surface area contributed by atoms with Gasteiger partial charge in [-0.3, -0.25) is 0 Å². The van der Waals surface area contributed by atoms with Crippen LogP contribution in [0.2, 0.25) is 0 Å². The zero-order valence-electron chi connectivity index (χ0n) is 7.70. The molecule has 0 amide bonds. The average molecular weight is 171 g/mol. The third kappa shape index (κ3) is 1.64. The molecule has 1 N–H and O–H groups in total. The molecule has 1 unspecified atom stereocenters. The van der Waals surface area contributed by atoms with Gasteiger partial charge >= 0.3 is 0 Å². The molecule has 66 valence electrons. The zero-order valence-corrected chi connectivity index (χ0v) is 7.70. The van der Waals surface area contributed by atoms with Gasteiger partial charge in [0.1, 0.15) is 0 Å². The third-order valence-electron chi connectivity index (χ3n) is 2.31. The lowest BCUT2D eigenvalue weighted by Gasteiger charge is -2.21. The second-order valence-electron chi connectivity index (χ2n) is 3.28. The molecule has 1 atom stereocenters. The minimum Gasteiger partial charge on any atom is -0.380 e.